The summed E-state index contributed by atoms with van der Waals surface area (Å²) in [5, 5.41) is 0. The van der Waals surface area contributed by atoms with Gasteiger partial charge in [-0.2, -0.15) is 0 Å². The van der Waals surface area contributed by atoms with Crippen molar-refractivity contribution in [3.8, 4) is 0 Å². The molecule has 0 saturated heterocycles. The maximum Gasteiger partial charge on any atom is -0.0167 e. The Morgan fingerprint density at radius 1 is 1.75 bits per heavy atom. The van der Waals surface area contributed by atoms with Gasteiger partial charge in [-0.3, -0.25) is 0 Å². The van der Waals surface area contributed by atoms with Crippen LogP contribution in [0.15, 0.2) is 11.9 Å². The van der Waals surface area contributed by atoms with Crippen LogP contribution in [0.5, 0.6) is 0 Å². The Morgan fingerprint density at radius 2 is 2.50 bits per heavy atom. The van der Waals surface area contributed by atoms with Crippen LogP contribution in [-0.2, 0) is 11.8 Å². The van der Waals surface area contributed by atoms with Gasteiger partial charge in [0.2, 0.25) is 0 Å². The molecule has 1 heterocycles. The van der Waals surface area contributed by atoms with Crippen molar-refractivity contribution in [2.45, 2.75) is 13.3 Å². The van der Waals surface area contributed by atoms with E-state index in [0.29, 0.717) is 0 Å². The summed E-state index contributed by atoms with van der Waals surface area (Å²) in [7, 11) is 0. The Bertz CT molecular complexity index is 149. The summed E-state index contributed by atoms with van der Waals surface area (Å²) in [5.74, 6) is 2.28. The summed E-state index contributed by atoms with van der Waals surface area (Å²) in [5.41, 5.74) is 0. The van der Waals surface area contributed by atoms with Crippen molar-refractivity contribution in [3.63, 3.8) is 0 Å². The first kappa shape index (κ1) is 6.51. The molecule has 46 valence electrons. The molecule has 1 aliphatic rings. The molecule has 0 saturated carbocycles. The molecule has 0 fully saturated rings. The monoisotopic (exact) mass is 146 g/mol. The third-order valence-electron chi connectivity index (χ3n) is 1.59. The van der Waals surface area contributed by atoms with Gasteiger partial charge in [-0.1, -0.05) is 30.6 Å². The van der Waals surface area contributed by atoms with Crippen molar-refractivity contribution >= 4 is 17.8 Å². The zero-order valence-corrected chi connectivity index (χ0v) is 6.84. The Labute approximate surface area is 56.0 Å². The molecule has 0 spiro atoms. The normalized spacial score (nSPS) is 36.1. The van der Waals surface area contributed by atoms with E-state index in [9.17, 15) is 0 Å². The lowest BCUT2D eigenvalue weighted by atomic mass is 10.5. The van der Waals surface area contributed by atoms with E-state index < -0.39 is 6.04 Å². The number of allylic oxidation sites excluding steroid dienone is 1. The Hall–Kier alpha value is 0.390. The first-order chi connectivity index (χ1) is 3.77. The highest BCUT2D eigenvalue weighted by molar-refractivity contribution is 8.16. The van der Waals surface area contributed by atoms with E-state index in [2.05, 4.69) is 18.8 Å². The fourth-order valence-electron chi connectivity index (χ4n) is 0.898. The van der Waals surface area contributed by atoms with Gasteiger partial charge in [-0.05, 0) is 24.8 Å². The molecule has 1 unspecified atom stereocenters. The molecule has 8 heavy (non-hydrogen) atoms. The smallest absolute Gasteiger partial charge is 0.0167 e. The summed E-state index contributed by atoms with van der Waals surface area (Å²) in [4.78, 5) is 0. The Kier molecular flexibility index (Phi) is 1.89. The van der Waals surface area contributed by atoms with E-state index in [1.807, 2.05) is 0 Å². The lowest BCUT2D eigenvalue weighted by Crippen LogP contribution is -1.80. The van der Waals surface area contributed by atoms with E-state index in [4.69, 9.17) is 11.8 Å². The molecular formula is C6H11PS. The second kappa shape index (κ2) is 2.33. The molecule has 2 heteroatoms. The SMILES string of the molecule is CCP1(=S)C=CCC1. The number of rotatable bonds is 1. The van der Waals surface area contributed by atoms with Crippen molar-refractivity contribution in [2.24, 2.45) is 0 Å². The van der Waals surface area contributed by atoms with Gasteiger partial charge in [-0.15, -0.1) is 0 Å². The quantitative estimate of drug-likeness (QED) is 0.512. The third kappa shape index (κ3) is 1.21. The minimum absolute atomic E-state index is 0.898. The highest BCUT2D eigenvalue weighted by Crippen LogP contribution is 2.51. The van der Waals surface area contributed by atoms with Gasteiger partial charge < -0.3 is 0 Å². The minimum Gasteiger partial charge on any atom is -0.0932 e. The molecule has 0 N–H and O–H groups in total. The standard InChI is InChI=1S/C6H11PS/c1-2-7(8)5-3-4-6-7/h3,5H,2,4,6H2,1H3. The summed E-state index contributed by atoms with van der Waals surface area (Å²) in [6.07, 6.45) is 5.99. The molecule has 0 aromatic rings. The van der Waals surface area contributed by atoms with Crippen LogP contribution >= 0.6 is 6.04 Å². The largest absolute Gasteiger partial charge is 0.0932 e. The van der Waals surface area contributed by atoms with Crippen LogP contribution in [0.2, 0.25) is 0 Å². The molecule has 0 nitrogen and oxygen atoms in total. The first-order valence-corrected chi connectivity index (χ1v) is 6.26. The number of hydrogen-bond donors (Lipinski definition) is 0. The van der Waals surface area contributed by atoms with Gasteiger partial charge in [0, 0.05) is 0 Å². The topological polar surface area (TPSA) is 0 Å². The predicted octanol–water partition coefficient (Wildman–Crippen LogP) is 2.40. The van der Waals surface area contributed by atoms with Crippen LogP contribution < -0.4 is 0 Å². The fourth-order valence-corrected chi connectivity index (χ4v) is 3.27. The molecule has 0 radical (unpaired) electrons. The van der Waals surface area contributed by atoms with Gasteiger partial charge in [0.25, 0.3) is 0 Å². The highest BCUT2D eigenvalue weighted by atomic mass is 32.4. The van der Waals surface area contributed by atoms with Crippen molar-refractivity contribution in [1.82, 2.24) is 0 Å². The zero-order valence-electron chi connectivity index (χ0n) is 5.13. The van der Waals surface area contributed by atoms with Gasteiger partial charge in [0.05, 0.1) is 0 Å². The van der Waals surface area contributed by atoms with Crippen LogP contribution in [0.25, 0.3) is 0 Å². The van der Waals surface area contributed by atoms with E-state index >= 15 is 0 Å². The van der Waals surface area contributed by atoms with Gasteiger partial charge >= 0.3 is 0 Å². The fraction of sp³-hybridized carbons (Fsp3) is 0.667. The molecule has 0 aliphatic carbocycles. The van der Waals surface area contributed by atoms with Crippen LogP contribution in [0.4, 0.5) is 0 Å². The molecule has 1 atom stereocenters. The number of hydrogen-bond acceptors (Lipinski definition) is 1. The molecular weight excluding hydrogens is 135 g/mol. The van der Waals surface area contributed by atoms with Crippen LogP contribution in [0.1, 0.15) is 13.3 Å². The summed E-state index contributed by atoms with van der Waals surface area (Å²) < 4.78 is 0. The lowest BCUT2D eigenvalue weighted by molar-refractivity contribution is 1.26. The van der Waals surface area contributed by atoms with Crippen molar-refractivity contribution in [2.75, 3.05) is 12.3 Å². The molecule has 0 bridgehead atoms. The Balaban J connectivity index is 2.69. The molecule has 0 aromatic carbocycles. The van der Waals surface area contributed by atoms with Crippen LogP contribution in [0, 0.1) is 0 Å². The Morgan fingerprint density at radius 3 is 2.75 bits per heavy atom. The summed E-state index contributed by atoms with van der Waals surface area (Å²) >= 11 is 5.39. The molecule has 1 rings (SSSR count). The predicted molar refractivity (Wildman–Crippen MR) is 43.5 cm³/mol. The zero-order chi connectivity index (χ0) is 6.04. The molecule has 0 amide bonds. The van der Waals surface area contributed by atoms with Gasteiger partial charge in [-0.25, -0.2) is 0 Å². The lowest BCUT2D eigenvalue weighted by Gasteiger charge is -2.06. The molecule has 1 aliphatic heterocycles. The van der Waals surface area contributed by atoms with E-state index in [0.717, 1.165) is 0 Å². The first-order valence-electron chi connectivity index (χ1n) is 3.02. The van der Waals surface area contributed by atoms with Crippen molar-refractivity contribution < 1.29 is 0 Å². The van der Waals surface area contributed by atoms with E-state index in [1.54, 1.807) is 0 Å². The minimum atomic E-state index is -0.898. The summed E-state index contributed by atoms with van der Waals surface area (Å²) in [6, 6.07) is -0.898. The maximum atomic E-state index is 5.39. The van der Waals surface area contributed by atoms with Gasteiger partial charge in [0.15, 0.2) is 0 Å². The van der Waals surface area contributed by atoms with Crippen molar-refractivity contribution in [1.29, 1.82) is 0 Å². The third-order valence-corrected chi connectivity index (χ3v) is 6.11. The second-order valence-corrected chi connectivity index (χ2v) is 7.63. The highest BCUT2D eigenvalue weighted by Gasteiger charge is 2.12. The average Bonchev–Trinajstić information content (AvgIpc) is 2.17. The maximum absolute atomic E-state index is 5.39. The summed E-state index contributed by atoms with van der Waals surface area (Å²) in [6.45, 7) is 2.20. The van der Waals surface area contributed by atoms with Crippen LogP contribution in [0.3, 0.4) is 0 Å². The van der Waals surface area contributed by atoms with E-state index in [-0.39, 0.29) is 0 Å². The molecule has 0 aromatic heterocycles. The van der Waals surface area contributed by atoms with Gasteiger partial charge in [0.1, 0.15) is 0 Å². The van der Waals surface area contributed by atoms with Crippen LogP contribution in [-0.4, -0.2) is 12.3 Å². The second-order valence-electron chi connectivity index (χ2n) is 2.17. The van der Waals surface area contributed by atoms with Crippen molar-refractivity contribution in [3.05, 3.63) is 11.9 Å². The van der Waals surface area contributed by atoms with E-state index in [1.165, 1.54) is 18.7 Å². The average molecular weight is 146 g/mol.